The lowest BCUT2D eigenvalue weighted by atomic mass is 9.91. The number of amides is 1. The second kappa shape index (κ2) is 9.79. The van der Waals surface area contributed by atoms with Crippen LogP contribution in [-0.2, 0) is 20.2 Å². The molecule has 12 nitrogen and oxygen atoms in total. The first kappa shape index (κ1) is 24.1. The first-order valence-corrected chi connectivity index (χ1v) is 11.7. The van der Waals surface area contributed by atoms with Crippen LogP contribution in [0.5, 0.6) is 5.88 Å². The van der Waals surface area contributed by atoms with Gasteiger partial charge in [0.25, 0.3) is 11.5 Å². The van der Waals surface area contributed by atoms with Crippen molar-refractivity contribution in [2.45, 2.75) is 31.6 Å². The predicted molar refractivity (Wildman–Crippen MR) is 130 cm³/mol. The Morgan fingerprint density at radius 3 is 2.68 bits per heavy atom. The molecule has 4 aromatic rings. The number of nitrogens with zero attached hydrogens (tertiary/aromatic N) is 8. The van der Waals surface area contributed by atoms with Gasteiger partial charge in [-0.15, -0.1) is 0 Å². The van der Waals surface area contributed by atoms with Crippen molar-refractivity contribution in [1.82, 2.24) is 34.2 Å². The second-order valence-electron chi connectivity index (χ2n) is 9.04. The van der Waals surface area contributed by atoms with E-state index in [2.05, 4.69) is 20.1 Å². The molecule has 0 spiro atoms. The highest BCUT2D eigenvalue weighted by Crippen LogP contribution is 2.25. The number of hydrogen-bond acceptors (Lipinski definition) is 9. The fourth-order valence-corrected chi connectivity index (χ4v) is 4.34. The lowest BCUT2D eigenvalue weighted by Crippen LogP contribution is -2.49. The molecule has 0 bridgehead atoms. The number of nitriles is 1. The summed E-state index contributed by atoms with van der Waals surface area (Å²) in [5.74, 6) is 0.121. The van der Waals surface area contributed by atoms with Crippen LogP contribution >= 0.6 is 0 Å². The van der Waals surface area contributed by atoms with Gasteiger partial charge in [-0.2, -0.15) is 15.3 Å². The molecule has 1 fully saturated rings. The summed E-state index contributed by atoms with van der Waals surface area (Å²) in [5.41, 5.74) is 0.656. The summed E-state index contributed by atoms with van der Waals surface area (Å²) in [6.07, 6.45) is 6.37. The molecule has 1 aliphatic heterocycles. The van der Waals surface area contributed by atoms with Crippen LogP contribution in [0.1, 0.15) is 34.5 Å². The minimum Gasteiger partial charge on any atom is -0.472 e. The van der Waals surface area contributed by atoms with Crippen LogP contribution in [0.15, 0.2) is 54.0 Å². The van der Waals surface area contributed by atoms with Gasteiger partial charge < -0.3 is 14.7 Å². The molecule has 1 N–H and O–H groups in total. The average molecular weight is 501 g/mol. The van der Waals surface area contributed by atoms with E-state index in [1.165, 1.54) is 34.2 Å². The standard InChI is InChI=1S/C25H24N8O4/c1-31-22-20(12-29-31)24(35)33(16-28-22)15-25(36)6-8-32(9-7-25)23(34)18-4-2-17(3-5-18)14-37-21-13-27-11-19(10-26)30-21/h2-5,11-13,16,36H,6-9,14-15H2,1H3. The Morgan fingerprint density at radius 1 is 1.19 bits per heavy atom. The largest absolute Gasteiger partial charge is 0.472 e. The van der Waals surface area contributed by atoms with Crippen molar-refractivity contribution in [3.05, 3.63) is 76.4 Å². The summed E-state index contributed by atoms with van der Waals surface area (Å²) in [4.78, 5) is 39.7. The van der Waals surface area contributed by atoms with Crippen LogP contribution < -0.4 is 10.3 Å². The number of aromatic nitrogens is 6. The van der Waals surface area contributed by atoms with Gasteiger partial charge in [0.05, 0.1) is 30.7 Å². The van der Waals surface area contributed by atoms with Gasteiger partial charge in [-0.3, -0.25) is 23.8 Å². The molecule has 12 heteroatoms. The Labute approximate surface area is 211 Å². The van der Waals surface area contributed by atoms with Crippen molar-refractivity contribution in [2.75, 3.05) is 13.1 Å². The zero-order chi connectivity index (χ0) is 26.0. The molecule has 188 valence electrons. The van der Waals surface area contributed by atoms with Gasteiger partial charge in [0, 0.05) is 25.7 Å². The summed E-state index contributed by atoms with van der Waals surface area (Å²) in [6.45, 7) is 1.05. The molecule has 5 rings (SSSR count). The number of benzene rings is 1. The first-order valence-electron chi connectivity index (χ1n) is 11.7. The molecule has 0 unspecified atom stereocenters. The molecule has 4 heterocycles. The molecule has 0 aliphatic carbocycles. The topological polar surface area (TPSA) is 152 Å². The van der Waals surface area contributed by atoms with E-state index >= 15 is 0 Å². The van der Waals surface area contributed by atoms with Crippen LogP contribution in [0, 0.1) is 11.3 Å². The molecule has 1 aromatic carbocycles. The molecular weight excluding hydrogens is 476 g/mol. The van der Waals surface area contributed by atoms with E-state index in [1.807, 2.05) is 6.07 Å². The highest BCUT2D eigenvalue weighted by Gasteiger charge is 2.35. The van der Waals surface area contributed by atoms with Crippen molar-refractivity contribution < 1.29 is 14.6 Å². The highest BCUT2D eigenvalue weighted by atomic mass is 16.5. The second-order valence-corrected chi connectivity index (χ2v) is 9.04. The van der Waals surface area contributed by atoms with E-state index < -0.39 is 5.60 Å². The van der Waals surface area contributed by atoms with Crippen LogP contribution in [-0.4, -0.2) is 63.9 Å². The van der Waals surface area contributed by atoms with Gasteiger partial charge in [0.1, 0.15) is 24.4 Å². The van der Waals surface area contributed by atoms with Crippen LogP contribution in [0.4, 0.5) is 0 Å². The Kier molecular flexibility index (Phi) is 6.37. The lowest BCUT2D eigenvalue weighted by molar-refractivity contribution is -0.0299. The summed E-state index contributed by atoms with van der Waals surface area (Å²) in [7, 11) is 1.72. The van der Waals surface area contributed by atoms with Gasteiger partial charge in [0.2, 0.25) is 5.88 Å². The van der Waals surface area contributed by atoms with Crippen LogP contribution in [0.3, 0.4) is 0 Å². The fourth-order valence-electron chi connectivity index (χ4n) is 4.34. The number of hydrogen-bond donors (Lipinski definition) is 1. The Bertz CT molecular complexity index is 1550. The quantitative estimate of drug-likeness (QED) is 0.409. The monoisotopic (exact) mass is 500 g/mol. The number of piperidine rings is 1. The normalized spacial score (nSPS) is 14.9. The number of aliphatic hydroxyl groups is 1. The fraction of sp³-hybridized carbons (Fsp3) is 0.320. The van der Waals surface area contributed by atoms with E-state index in [0.717, 1.165) is 5.56 Å². The lowest BCUT2D eigenvalue weighted by Gasteiger charge is -2.38. The third-order valence-electron chi connectivity index (χ3n) is 6.48. The minimum absolute atomic E-state index is 0.0993. The van der Waals surface area contributed by atoms with Crippen molar-refractivity contribution in [1.29, 1.82) is 5.26 Å². The molecule has 0 radical (unpaired) electrons. The summed E-state index contributed by atoms with van der Waals surface area (Å²) in [6, 6.07) is 8.96. The van der Waals surface area contributed by atoms with E-state index in [-0.39, 0.29) is 36.2 Å². The van der Waals surface area contributed by atoms with Gasteiger partial charge >= 0.3 is 0 Å². The molecule has 3 aromatic heterocycles. The van der Waals surface area contributed by atoms with Gasteiger partial charge in [-0.05, 0) is 30.5 Å². The number of ether oxygens (including phenoxy) is 1. The number of carbonyl (C=O) groups is 1. The maximum Gasteiger partial charge on any atom is 0.264 e. The van der Waals surface area contributed by atoms with Crippen molar-refractivity contribution in [3.63, 3.8) is 0 Å². The Balaban J connectivity index is 1.18. The van der Waals surface area contributed by atoms with Crippen LogP contribution in [0.25, 0.3) is 11.0 Å². The van der Waals surface area contributed by atoms with Gasteiger partial charge in [0.15, 0.2) is 11.3 Å². The third kappa shape index (κ3) is 5.03. The van der Waals surface area contributed by atoms with Crippen LogP contribution in [0.2, 0.25) is 0 Å². The van der Waals surface area contributed by atoms with Crippen molar-refractivity contribution >= 4 is 16.9 Å². The molecule has 0 atom stereocenters. The zero-order valence-electron chi connectivity index (χ0n) is 20.1. The molecule has 0 saturated carbocycles. The molecule has 37 heavy (non-hydrogen) atoms. The third-order valence-corrected chi connectivity index (χ3v) is 6.48. The first-order chi connectivity index (χ1) is 17.8. The average Bonchev–Trinajstić information content (AvgIpc) is 3.30. The van der Waals surface area contributed by atoms with E-state index in [0.29, 0.717) is 42.5 Å². The molecule has 1 aliphatic rings. The van der Waals surface area contributed by atoms with Gasteiger partial charge in [-0.25, -0.2) is 4.98 Å². The maximum absolute atomic E-state index is 13.0. The van der Waals surface area contributed by atoms with Crippen molar-refractivity contribution in [2.24, 2.45) is 7.05 Å². The summed E-state index contributed by atoms with van der Waals surface area (Å²) < 4.78 is 8.51. The molecule has 1 amide bonds. The zero-order valence-corrected chi connectivity index (χ0v) is 20.1. The highest BCUT2D eigenvalue weighted by molar-refractivity contribution is 5.94. The Hall–Kier alpha value is -4.63. The van der Waals surface area contributed by atoms with E-state index in [9.17, 15) is 14.7 Å². The SMILES string of the molecule is Cn1ncc2c(=O)n(CC3(O)CCN(C(=O)c4ccc(COc5cncc(C#N)n5)cc4)CC3)cnc21. The predicted octanol–water partition coefficient (Wildman–Crippen LogP) is 1.04. The van der Waals surface area contributed by atoms with E-state index in [4.69, 9.17) is 10.00 Å². The van der Waals surface area contributed by atoms with Gasteiger partial charge in [-0.1, -0.05) is 12.1 Å². The summed E-state index contributed by atoms with van der Waals surface area (Å²) >= 11 is 0. The number of carbonyl (C=O) groups excluding carboxylic acids is 1. The smallest absolute Gasteiger partial charge is 0.264 e. The maximum atomic E-state index is 13.0. The number of rotatable bonds is 6. The minimum atomic E-state index is -1.12. The summed E-state index contributed by atoms with van der Waals surface area (Å²) in [5, 5.41) is 24.5. The number of aryl methyl sites for hydroxylation is 1. The molecular formula is C25H24N8O4. The number of likely N-dealkylation sites (tertiary alicyclic amines) is 1. The number of fused-ring (bicyclic) bond motifs is 1. The molecule has 1 saturated heterocycles. The van der Waals surface area contributed by atoms with E-state index in [1.54, 1.807) is 36.2 Å². The van der Waals surface area contributed by atoms with Crippen molar-refractivity contribution in [3.8, 4) is 11.9 Å². The Morgan fingerprint density at radius 2 is 1.95 bits per heavy atom.